The van der Waals surface area contributed by atoms with Gasteiger partial charge in [0.1, 0.15) is 11.3 Å². The number of aliphatic hydroxyl groups excluding tert-OH is 1. The second-order valence-electron chi connectivity index (χ2n) is 6.79. The first-order valence-corrected chi connectivity index (χ1v) is 8.88. The van der Waals surface area contributed by atoms with Crippen LogP contribution >= 0.6 is 11.6 Å². The van der Waals surface area contributed by atoms with E-state index in [4.69, 9.17) is 11.6 Å². The molecule has 0 radical (unpaired) electrons. The average molecular weight is 371 g/mol. The third kappa shape index (κ3) is 2.88. The Morgan fingerprint density at radius 2 is 2.00 bits per heavy atom. The van der Waals surface area contributed by atoms with E-state index >= 15 is 0 Å². The maximum absolute atomic E-state index is 13.2. The lowest BCUT2D eigenvalue weighted by atomic mass is 10.0. The molecule has 1 fully saturated rings. The number of hydrogen-bond acceptors (Lipinski definition) is 3. The molecule has 2 heterocycles. The van der Waals surface area contributed by atoms with Crippen LogP contribution in [0.1, 0.15) is 16.9 Å². The van der Waals surface area contributed by atoms with Gasteiger partial charge in [-0.05, 0) is 30.2 Å². The SMILES string of the molecule is O=C(c1[nH]c2ccc(Cl)cc2c1-c1ccccc1)N1CC[C@](O)(CO)C1. The molecule has 1 saturated heterocycles. The van der Waals surface area contributed by atoms with E-state index in [-0.39, 0.29) is 19.1 Å². The number of benzene rings is 2. The molecule has 1 aliphatic rings. The number of nitrogens with one attached hydrogen (secondary N) is 1. The molecule has 1 aliphatic heterocycles. The monoisotopic (exact) mass is 370 g/mol. The maximum Gasteiger partial charge on any atom is 0.271 e. The number of aromatic amines is 1. The molecule has 1 atom stereocenters. The summed E-state index contributed by atoms with van der Waals surface area (Å²) in [6.45, 7) is 0.164. The van der Waals surface area contributed by atoms with Crippen LogP contribution in [0.4, 0.5) is 0 Å². The summed E-state index contributed by atoms with van der Waals surface area (Å²) in [5.41, 5.74) is 1.79. The van der Waals surface area contributed by atoms with Gasteiger partial charge < -0.3 is 20.1 Å². The van der Waals surface area contributed by atoms with Crippen LogP contribution in [0.25, 0.3) is 22.0 Å². The number of carbonyl (C=O) groups is 1. The summed E-state index contributed by atoms with van der Waals surface area (Å²) in [5, 5.41) is 21.1. The Bertz CT molecular complexity index is 970. The summed E-state index contributed by atoms with van der Waals surface area (Å²) >= 11 is 6.18. The van der Waals surface area contributed by atoms with Crippen LogP contribution in [0.3, 0.4) is 0 Å². The summed E-state index contributed by atoms with van der Waals surface area (Å²) in [6.07, 6.45) is 0.363. The molecule has 0 bridgehead atoms. The number of rotatable bonds is 3. The average Bonchev–Trinajstić information content (AvgIpc) is 3.23. The van der Waals surface area contributed by atoms with Crippen molar-refractivity contribution in [3.8, 4) is 11.1 Å². The van der Waals surface area contributed by atoms with E-state index in [2.05, 4.69) is 4.98 Å². The molecule has 0 aliphatic carbocycles. The van der Waals surface area contributed by atoms with Crippen LogP contribution in [0, 0.1) is 0 Å². The Labute approximate surface area is 155 Å². The highest BCUT2D eigenvalue weighted by Gasteiger charge is 2.39. The second kappa shape index (κ2) is 6.43. The van der Waals surface area contributed by atoms with Crippen molar-refractivity contribution in [2.45, 2.75) is 12.0 Å². The van der Waals surface area contributed by atoms with Gasteiger partial charge in [-0.1, -0.05) is 41.9 Å². The largest absolute Gasteiger partial charge is 0.393 e. The van der Waals surface area contributed by atoms with E-state index in [0.29, 0.717) is 23.7 Å². The van der Waals surface area contributed by atoms with Crippen molar-refractivity contribution in [3.63, 3.8) is 0 Å². The van der Waals surface area contributed by atoms with Crippen molar-refractivity contribution in [1.82, 2.24) is 9.88 Å². The Hall–Kier alpha value is -2.34. The van der Waals surface area contributed by atoms with Crippen molar-refractivity contribution in [2.75, 3.05) is 19.7 Å². The van der Waals surface area contributed by atoms with Crippen LogP contribution in [0.5, 0.6) is 0 Å². The first-order chi connectivity index (χ1) is 12.5. The van der Waals surface area contributed by atoms with Crippen molar-refractivity contribution >= 4 is 28.4 Å². The molecule has 2 aromatic carbocycles. The number of hydrogen-bond donors (Lipinski definition) is 3. The van der Waals surface area contributed by atoms with Gasteiger partial charge in [0.2, 0.25) is 0 Å². The van der Waals surface area contributed by atoms with E-state index in [1.165, 1.54) is 0 Å². The van der Waals surface area contributed by atoms with Crippen LogP contribution in [-0.2, 0) is 0 Å². The molecule has 3 N–H and O–H groups in total. The van der Waals surface area contributed by atoms with Gasteiger partial charge in [-0.25, -0.2) is 0 Å². The fourth-order valence-electron chi connectivity index (χ4n) is 3.55. The Morgan fingerprint density at radius 1 is 1.23 bits per heavy atom. The molecule has 0 unspecified atom stereocenters. The lowest BCUT2D eigenvalue weighted by Crippen LogP contribution is -2.39. The molecule has 3 aromatic rings. The summed E-state index contributed by atoms with van der Waals surface area (Å²) in [7, 11) is 0. The van der Waals surface area contributed by atoms with E-state index in [1.54, 1.807) is 11.0 Å². The number of aliphatic hydroxyl groups is 2. The quantitative estimate of drug-likeness (QED) is 0.663. The number of H-pyrrole nitrogens is 1. The third-order valence-electron chi connectivity index (χ3n) is 4.95. The van der Waals surface area contributed by atoms with E-state index < -0.39 is 5.60 Å². The smallest absolute Gasteiger partial charge is 0.271 e. The molecule has 4 rings (SSSR count). The fraction of sp³-hybridized carbons (Fsp3) is 0.250. The zero-order chi connectivity index (χ0) is 18.3. The number of fused-ring (bicyclic) bond motifs is 1. The fourth-order valence-corrected chi connectivity index (χ4v) is 3.72. The number of nitrogens with zero attached hydrogens (tertiary/aromatic N) is 1. The first-order valence-electron chi connectivity index (χ1n) is 8.50. The van der Waals surface area contributed by atoms with Crippen molar-refractivity contribution in [3.05, 3.63) is 59.2 Å². The van der Waals surface area contributed by atoms with Gasteiger partial charge in [0.05, 0.1) is 13.2 Å². The predicted octanol–water partition coefficient (Wildman–Crippen LogP) is 3.06. The number of halogens is 1. The molecule has 0 spiro atoms. The van der Waals surface area contributed by atoms with E-state index in [1.807, 2.05) is 42.5 Å². The van der Waals surface area contributed by atoms with Gasteiger partial charge in [-0.2, -0.15) is 0 Å². The van der Waals surface area contributed by atoms with Crippen LogP contribution in [-0.4, -0.2) is 51.3 Å². The van der Waals surface area contributed by atoms with Crippen LogP contribution in [0.15, 0.2) is 48.5 Å². The number of β-amino-alcohol motifs (C(OH)–C–C–N with tert-alkyl or cyclic N) is 1. The molecule has 0 saturated carbocycles. The lowest BCUT2D eigenvalue weighted by Gasteiger charge is -2.21. The minimum absolute atomic E-state index is 0.118. The summed E-state index contributed by atoms with van der Waals surface area (Å²) in [5.74, 6) is -0.194. The van der Waals surface area contributed by atoms with Gasteiger partial charge in [0.15, 0.2) is 0 Å². The molecule has 6 heteroatoms. The van der Waals surface area contributed by atoms with Crippen molar-refractivity contribution < 1.29 is 15.0 Å². The lowest BCUT2D eigenvalue weighted by molar-refractivity contribution is -0.00458. The summed E-state index contributed by atoms with van der Waals surface area (Å²) in [6, 6.07) is 15.2. The number of aromatic nitrogens is 1. The molecule has 26 heavy (non-hydrogen) atoms. The van der Waals surface area contributed by atoms with Crippen LogP contribution in [0.2, 0.25) is 5.02 Å². The third-order valence-corrected chi connectivity index (χ3v) is 5.19. The Morgan fingerprint density at radius 3 is 2.69 bits per heavy atom. The molecular formula is C20H19ClN2O3. The highest BCUT2D eigenvalue weighted by molar-refractivity contribution is 6.31. The molecule has 134 valence electrons. The second-order valence-corrected chi connectivity index (χ2v) is 7.23. The van der Waals surface area contributed by atoms with Crippen molar-refractivity contribution in [2.24, 2.45) is 0 Å². The highest BCUT2D eigenvalue weighted by atomic mass is 35.5. The van der Waals surface area contributed by atoms with Gasteiger partial charge in [0.25, 0.3) is 5.91 Å². The standard InChI is InChI=1S/C20H19ClN2O3/c21-14-6-7-16-15(10-14)17(13-4-2-1-3-5-13)18(22-16)19(25)23-9-8-20(26,11-23)12-24/h1-7,10,22,24,26H,8-9,11-12H2/t20-/m1/s1. The molecular weight excluding hydrogens is 352 g/mol. The first kappa shape index (κ1) is 17.1. The van der Waals surface area contributed by atoms with E-state index in [9.17, 15) is 15.0 Å². The number of likely N-dealkylation sites (tertiary alicyclic amines) is 1. The molecule has 1 amide bonds. The summed E-state index contributed by atoms with van der Waals surface area (Å²) in [4.78, 5) is 18.0. The van der Waals surface area contributed by atoms with Crippen LogP contribution < -0.4 is 0 Å². The van der Waals surface area contributed by atoms with E-state index in [0.717, 1.165) is 22.0 Å². The number of carbonyl (C=O) groups excluding carboxylic acids is 1. The van der Waals surface area contributed by atoms with Gasteiger partial charge in [-0.15, -0.1) is 0 Å². The Kier molecular flexibility index (Phi) is 4.23. The topological polar surface area (TPSA) is 76.6 Å². The zero-order valence-electron chi connectivity index (χ0n) is 14.1. The summed E-state index contributed by atoms with van der Waals surface area (Å²) < 4.78 is 0. The van der Waals surface area contributed by atoms with Crippen molar-refractivity contribution in [1.29, 1.82) is 0 Å². The minimum atomic E-state index is -1.22. The minimum Gasteiger partial charge on any atom is -0.393 e. The van der Waals surface area contributed by atoms with Gasteiger partial charge in [0, 0.05) is 28.0 Å². The number of amides is 1. The Balaban J connectivity index is 1.84. The highest BCUT2D eigenvalue weighted by Crippen LogP contribution is 2.35. The maximum atomic E-state index is 13.2. The normalized spacial score (nSPS) is 20.0. The molecule has 1 aromatic heterocycles. The predicted molar refractivity (Wildman–Crippen MR) is 101 cm³/mol. The zero-order valence-corrected chi connectivity index (χ0v) is 14.8. The van der Waals surface area contributed by atoms with Gasteiger partial charge in [-0.3, -0.25) is 4.79 Å². The van der Waals surface area contributed by atoms with Gasteiger partial charge >= 0.3 is 0 Å². The molecule has 5 nitrogen and oxygen atoms in total.